The molecule has 1 aliphatic heterocycles. The minimum absolute atomic E-state index is 0.0973. The van der Waals surface area contributed by atoms with Gasteiger partial charge in [0, 0.05) is 47.4 Å². The highest BCUT2D eigenvalue weighted by Crippen LogP contribution is 2.32. The summed E-state index contributed by atoms with van der Waals surface area (Å²) in [6.07, 6.45) is 0.410. The van der Waals surface area contributed by atoms with E-state index >= 15 is 4.39 Å². The van der Waals surface area contributed by atoms with Gasteiger partial charge in [0.1, 0.15) is 11.9 Å². The number of nitrogens with zero attached hydrogens (tertiary/aromatic N) is 1. The number of amides is 2. The number of ether oxygens (including phenoxy) is 1. The van der Waals surface area contributed by atoms with Crippen molar-refractivity contribution in [2.45, 2.75) is 69.0 Å². The second-order valence-corrected chi connectivity index (χ2v) is 14.2. The first-order chi connectivity index (χ1) is 21.9. The van der Waals surface area contributed by atoms with Crippen molar-refractivity contribution in [3.63, 3.8) is 0 Å². The van der Waals surface area contributed by atoms with E-state index < -0.39 is 39.8 Å². The summed E-state index contributed by atoms with van der Waals surface area (Å²) in [6.45, 7) is 6.73. The van der Waals surface area contributed by atoms with Crippen molar-refractivity contribution in [2.75, 3.05) is 25.5 Å². The van der Waals surface area contributed by atoms with Gasteiger partial charge in [-0.3, -0.25) is 4.79 Å². The Balaban J connectivity index is 1.55. The highest BCUT2D eigenvalue weighted by molar-refractivity contribution is 7.89. The molecule has 0 bridgehead atoms. The van der Waals surface area contributed by atoms with Crippen molar-refractivity contribution in [3.05, 3.63) is 94.8 Å². The lowest BCUT2D eigenvalue weighted by Gasteiger charge is -2.40. The first kappa shape index (κ1) is 35.3. The van der Waals surface area contributed by atoms with Crippen LogP contribution in [0.5, 0.6) is 0 Å². The van der Waals surface area contributed by atoms with E-state index in [0.717, 1.165) is 5.56 Å². The molecule has 0 aromatic heterocycles. The predicted molar refractivity (Wildman–Crippen MR) is 178 cm³/mol. The first-order valence-electron chi connectivity index (χ1n) is 15.4. The number of carbonyl (C=O) groups excluding carboxylic acids is 2. The molecular weight excluding hydrogens is 631 g/mol. The summed E-state index contributed by atoms with van der Waals surface area (Å²) < 4.78 is 48.9. The van der Waals surface area contributed by atoms with Gasteiger partial charge in [0.2, 0.25) is 15.9 Å². The Morgan fingerprint density at radius 2 is 1.78 bits per heavy atom. The molecule has 1 heterocycles. The van der Waals surface area contributed by atoms with Crippen molar-refractivity contribution in [3.8, 4) is 0 Å². The number of carbonyl (C=O) groups is 2. The molecule has 0 aliphatic carbocycles. The van der Waals surface area contributed by atoms with Crippen molar-refractivity contribution < 1.29 is 27.1 Å². The Kier molecular flexibility index (Phi) is 12.2. The van der Waals surface area contributed by atoms with Crippen LogP contribution in [-0.4, -0.2) is 63.0 Å². The summed E-state index contributed by atoms with van der Waals surface area (Å²) in [7, 11) is -2.53. The third kappa shape index (κ3) is 8.44. The van der Waals surface area contributed by atoms with E-state index in [2.05, 4.69) is 16.0 Å². The van der Waals surface area contributed by atoms with Gasteiger partial charge in [0.15, 0.2) is 0 Å². The zero-order valence-electron chi connectivity index (χ0n) is 26.5. The molecule has 4 rings (SSSR count). The smallest absolute Gasteiger partial charge is 0.407 e. The third-order valence-electron chi connectivity index (χ3n) is 8.33. The van der Waals surface area contributed by atoms with Crippen LogP contribution in [0.2, 0.25) is 5.02 Å². The van der Waals surface area contributed by atoms with Crippen molar-refractivity contribution >= 4 is 39.3 Å². The van der Waals surface area contributed by atoms with Gasteiger partial charge in [0.25, 0.3) is 0 Å². The van der Waals surface area contributed by atoms with E-state index in [-0.39, 0.29) is 35.0 Å². The van der Waals surface area contributed by atoms with Crippen LogP contribution in [0.4, 0.5) is 14.9 Å². The number of benzene rings is 3. The average Bonchev–Trinajstić information content (AvgIpc) is 3.02. The van der Waals surface area contributed by atoms with E-state index in [0.29, 0.717) is 36.5 Å². The first-order valence-corrected chi connectivity index (χ1v) is 17.2. The Morgan fingerprint density at radius 1 is 1.07 bits per heavy atom. The summed E-state index contributed by atoms with van der Waals surface area (Å²) in [5.74, 6) is -1.61. The fraction of sp³-hybridized carbons (Fsp3) is 0.412. The molecule has 9 nitrogen and oxygen atoms in total. The molecule has 1 aliphatic rings. The van der Waals surface area contributed by atoms with Gasteiger partial charge in [-0.25, -0.2) is 17.6 Å². The van der Waals surface area contributed by atoms with Crippen LogP contribution in [-0.2, 0) is 26.0 Å². The maximum absolute atomic E-state index is 15.3. The molecule has 0 radical (unpaired) electrons. The van der Waals surface area contributed by atoms with Crippen LogP contribution in [0.25, 0.3) is 0 Å². The number of rotatable bonds is 12. The van der Waals surface area contributed by atoms with E-state index in [1.54, 1.807) is 58.9 Å². The van der Waals surface area contributed by atoms with Crippen LogP contribution in [0.3, 0.4) is 0 Å². The summed E-state index contributed by atoms with van der Waals surface area (Å²) in [5, 5.41) is 9.32. The number of hydrogen-bond acceptors (Lipinski definition) is 6. The van der Waals surface area contributed by atoms with Gasteiger partial charge in [-0.1, -0.05) is 61.8 Å². The molecule has 12 heteroatoms. The largest absolute Gasteiger partial charge is 0.453 e. The topological polar surface area (TPSA) is 117 Å². The summed E-state index contributed by atoms with van der Waals surface area (Å²) >= 11 is 6.26. The molecule has 4 atom stereocenters. The number of nitrogens with one attached hydrogen (secondary N) is 3. The zero-order chi connectivity index (χ0) is 33.4. The van der Waals surface area contributed by atoms with E-state index in [4.69, 9.17) is 16.3 Å². The second-order valence-electron chi connectivity index (χ2n) is 11.9. The maximum atomic E-state index is 15.3. The summed E-state index contributed by atoms with van der Waals surface area (Å²) in [5.41, 5.74) is 1.33. The molecular formula is C34H42ClFN4O5S. The molecule has 3 aromatic rings. The minimum Gasteiger partial charge on any atom is -0.453 e. The minimum atomic E-state index is -3.74. The third-order valence-corrected chi connectivity index (χ3v) is 10.6. The molecule has 2 amide bonds. The van der Waals surface area contributed by atoms with Gasteiger partial charge >= 0.3 is 6.09 Å². The lowest BCUT2D eigenvalue weighted by Crippen LogP contribution is -2.58. The van der Waals surface area contributed by atoms with Gasteiger partial charge < -0.3 is 20.7 Å². The van der Waals surface area contributed by atoms with Gasteiger partial charge in [-0.05, 0) is 74.1 Å². The van der Waals surface area contributed by atoms with Crippen LogP contribution in [0, 0.1) is 11.7 Å². The molecule has 1 fully saturated rings. The Labute approximate surface area is 275 Å². The molecule has 3 aromatic carbocycles. The summed E-state index contributed by atoms with van der Waals surface area (Å²) in [4.78, 5) is 26.5. The Hall–Kier alpha value is -3.51. The molecule has 4 unspecified atom stereocenters. The molecule has 1 saturated heterocycles. The Morgan fingerprint density at radius 3 is 2.46 bits per heavy atom. The van der Waals surface area contributed by atoms with Crippen LogP contribution < -0.4 is 16.0 Å². The highest BCUT2D eigenvalue weighted by Gasteiger charge is 2.38. The standard InChI is InChI=1S/C34H42ClFN4O5S/c1-22(2)31(24-11-8-12-25(35)19-24)32(39-34(42)45-4)33(41)38-30-18-10-17-29(36)28(30)16-9-13-26-21-37-20-23(3)40(26)46(43,44)27-14-6-5-7-15-27/h5-8,10-12,14-15,17-19,22-23,26,31-32,37H,9,13,16,20-21H2,1-4H3,(H,38,41)(H,39,42). The molecule has 46 heavy (non-hydrogen) atoms. The molecule has 0 spiro atoms. The van der Waals surface area contributed by atoms with E-state index in [1.165, 1.54) is 19.2 Å². The number of piperazine rings is 1. The fourth-order valence-electron chi connectivity index (χ4n) is 6.21. The van der Waals surface area contributed by atoms with E-state index in [1.807, 2.05) is 26.8 Å². The number of hydrogen-bond donors (Lipinski definition) is 3. The number of methoxy groups -OCH3 is 1. The quantitative estimate of drug-likeness (QED) is 0.219. The summed E-state index contributed by atoms with van der Waals surface area (Å²) in [6, 6.07) is 18.2. The number of alkyl carbamates (subject to hydrolysis) is 1. The number of sulfonamides is 1. The SMILES string of the molecule is COC(=O)NC(C(=O)Nc1cccc(F)c1CCCC1CNCC(C)N1S(=O)(=O)c1ccccc1)C(c1cccc(Cl)c1)C(C)C. The lowest BCUT2D eigenvalue weighted by atomic mass is 9.82. The Bertz CT molecular complexity index is 1610. The average molecular weight is 673 g/mol. The van der Waals surface area contributed by atoms with Crippen molar-refractivity contribution in [2.24, 2.45) is 5.92 Å². The van der Waals surface area contributed by atoms with Crippen molar-refractivity contribution in [1.82, 2.24) is 14.9 Å². The number of anilines is 1. The number of halogens is 2. The van der Waals surface area contributed by atoms with Crippen LogP contribution >= 0.6 is 11.6 Å². The molecule has 0 saturated carbocycles. The normalized spacial score (nSPS) is 18.5. The maximum Gasteiger partial charge on any atom is 0.407 e. The lowest BCUT2D eigenvalue weighted by molar-refractivity contribution is -0.118. The fourth-order valence-corrected chi connectivity index (χ4v) is 8.27. The van der Waals surface area contributed by atoms with Crippen LogP contribution in [0.1, 0.15) is 50.7 Å². The van der Waals surface area contributed by atoms with Crippen molar-refractivity contribution in [1.29, 1.82) is 0 Å². The van der Waals surface area contributed by atoms with E-state index in [9.17, 15) is 18.0 Å². The molecule has 3 N–H and O–H groups in total. The van der Waals surface area contributed by atoms with Crippen LogP contribution in [0.15, 0.2) is 77.7 Å². The highest BCUT2D eigenvalue weighted by atomic mass is 35.5. The second kappa shape index (κ2) is 15.9. The zero-order valence-corrected chi connectivity index (χ0v) is 28.1. The predicted octanol–water partition coefficient (Wildman–Crippen LogP) is 5.96. The van der Waals surface area contributed by atoms with Gasteiger partial charge in [-0.15, -0.1) is 0 Å². The van der Waals surface area contributed by atoms with Gasteiger partial charge in [-0.2, -0.15) is 4.31 Å². The molecule has 248 valence electrons. The monoisotopic (exact) mass is 672 g/mol. The van der Waals surface area contributed by atoms with Gasteiger partial charge in [0.05, 0.1) is 12.0 Å².